The summed E-state index contributed by atoms with van der Waals surface area (Å²) in [5.74, 6) is 0.864. The molecule has 0 aromatic heterocycles. The number of allylic oxidation sites excluding steroid dienone is 1. The van der Waals surface area contributed by atoms with E-state index in [4.69, 9.17) is 0 Å². The normalized spacial score (nSPS) is 28.6. The Bertz CT molecular complexity index is 275. The molecule has 1 aliphatic rings. The van der Waals surface area contributed by atoms with Gasteiger partial charge in [0.25, 0.3) is 0 Å². The third kappa shape index (κ3) is 4.60. The first kappa shape index (κ1) is 17.7. The van der Waals surface area contributed by atoms with E-state index in [0.717, 1.165) is 5.92 Å². The molecular weight excluding hydrogens is 244 g/mol. The zero-order valence-electron chi connectivity index (χ0n) is 14.3. The quantitative estimate of drug-likeness (QED) is 0.502. The topological polar surface area (TPSA) is 15.3 Å². The van der Waals surface area contributed by atoms with Crippen molar-refractivity contribution in [2.75, 3.05) is 21.1 Å². The molecule has 1 saturated carbocycles. The minimum absolute atomic E-state index is 0.366. The molecule has 0 bridgehead atoms. The number of hydrogen-bond acceptors (Lipinski definition) is 2. The van der Waals surface area contributed by atoms with E-state index in [1.807, 2.05) is 6.08 Å². The summed E-state index contributed by atoms with van der Waals surface area (Å²) in [4.78, 5) is 2.51. The molecule has 0 amide bonds. The average molecular weight is 280 g/mol. The molecule has 2 nitrogen and oxygen atoms in total. The van der Waals surface area contributed by atoms with Crippen molar-refractivity contribution in [1.29, 1.82) is 0 Å². The molecule has 20 heavy (non-hydrogen) atoms. The number of nitrogens with one attached hydrogen (secondary N) is 1. The number of nitrogens with zero attached hydrogens (tertiary/aromatic N) is 1. The molecule has 0 aliphatic heterocycles. The van der Waals surface area contributed by atoms with Crippen LogP contribution in [0.5, 0.6) is 0 Å². The van der Waals surface area contributed by atoms with Gasteiger partial charge in [-0.15, -0.1) is 6.58 Å². The fraction of sp³-hybridized carbons (Fsp3) is 0.889. The van der Waals surface area contributed by atoms with Crippen LogP contribution in [-0.2, 0) is 0 Å². The molecule has 1 N–H and O–H groups in total. The van der Waals surface area contributed by atoms with Gasteiger partial charge in [0.15, 0.2) is 0 Å². The van der Waals surface area contributed by atoms with Crippen molar-refractivity contribution in [3.63, 3.8) is 0 Å². The number of likely N-dealkylation sites (N-methyl/N-ethyl adjacent to an activating group) is 2. The van der Waals surface area contributed by atoms with Gasteiger partial charge in [-0.25, -0.2) is 0 Å². The van der Waals surface area contributed by atoms with Crippen LogP contribution in [0.2, 0.25) is 0 Å². The fourth-order valence-corrected chi connectivity index (χ4v) is 4.09. The summed E-state index contributed by atoms with van der Waals surface area (Å²) in [5, 5.41) is 3.64. The van der Waals surface area contributed by atoms with Gasteiger partial charge in [-0.05, 0) is 59.2 Å². The molecule has 118 valence electrons. The van der Waals surface area contributed by atoms with Gasteiger partial charge in [-0.1, -0.05) is 38.7 Å². The van der Waals surface area contributed by atoms with Crippen LogP contribution < -0.4 is 5.32 Å². The molecule has 1 rings (SSSR count). The molecule has 0 heterocycles. The van der Waals surface area contributed by atoms with E-state index in [0.29, 0.717) is 11.6 Å². The van der Waals surface area contributed by atoms with E-state index in [1.165, 1.54) is 57.8 Å². The highest BCUT2D eigenvalue weighted by Crippen LogP contribution is 2.39. The van der Waals surface area contributed by atoms with E-state index in [9.17, 15) is 0 Å². The lowest BCUT2D eigenvalue weighted by molar-refractivity contribution is 0.0361. The van der Waals surface area contributed by atoms with Crippen molar-refractivity contribution < 1.29 is 0 Å². The van der Waals surface area contributed by atoms with Gasteiger partial charge in [0, 0.05) is 11.6 Å². The summed E-state index contributed by atoms with van der Waals surface area (Å²) in [5.41, 5.74) is 0.366. The summed E-state index contributed by atoms with van der Waals surface area (Å²) in [7, 11) is 6.71. The van der Waals surface area contributed by atoms with Gasteiger partial charge in [0.2, 0.25) is 0 Å². The van der Waals surface area contributed by atoms with Crippen molar-refractivity contribution in [3.05, 3.63) is 12.7 Å². The summed E-state index contributed by atoms with van der Waals surface area (Å²) >= 11 is 0. The van der Waals surface area contributed by atoms with E-state index in [1.54, 1.807) is 0 Å². The zero-order valence-corrected chi connectivity index (χ0v) is 14.3. The average Bonchev–Trinajstić information content (AvgIpc) is 2.42. The van der Waals surface area contributed by atoms with E-state index < -0.39 is 0 Å². The lowest BCUT2D eigenvalue weighted by atomic mass is 9.70. The number of unbranched alkanes of at least 4 members (excludes halogenated alkanes) is 3. The largest absolute Gasteiger partial charge is 0.315 e. The molecule has 1 fully saturated rings. The van der Waals surface area contributed by atoms with Crippen LogP contribution in [0, 0.1) is 5.92 Å². The minimum Gasteiger partial charge on any atom is -0.315 e. The SMILES string of the molecule is C=CCCCCCC(NC)C1(N(C)C)CCCC(C)C1. The van der Waals surface area contributed by atoms with E-state index >= 15 is 0 Å². The predicted octanol–water partition coefficient (Wildman–Crippen LogP) is 4.22. The summed E-state index contributed by atoms with van der Waals surface area (Å²) in [6.45, 7) is 6.23. The monoisotopic (exact) mass is 280 g/mol. The van der Waals surface area contributed by atoms with Gasteiger partial charge in [0.1, 0.15) is 0 Å². The minimum atomic E-state index is 0.366. The molecule has 0 radical (unpaired) electrons. The van der Waals surface area contributed by atoms with Crippen LogP contribution in [0.4, 0.5) is 0 Å². The Morgan fingerprint density at radius 1 is 1.35 bits per heavy atom. The van der Waals surface area contributed by atoms with Gasteiger partial charge >= 0.3 is 0 Å². The highest BCUT2D eigenvalue weighted by Gasteiger charge is 2.42. The third-order valence-electron chi connectivity index (χ3n) is 5.30. The first-order valence-corrected chi connectivity index (χ1v) is 8.52. The molecular formula is C18H36N2. The lowest BCUT2D eigenvalue weighted by Gasteiger charge is -2.50. The Hall–Kier alpha value is -0.340. The maximum atomic E-state index is 3.81. The maximum absolute atomic E-state index is 3.81. The van der Waals surface area contributed by atoms with Crippen LogP contribution >= 0.6 is 0 Å². The van der Waals surface area contributed by atoms with Gasteiger partial charge in [0.05, 0.1) is 0 Å². The number of rotatable bonds is 9. The summed E-state index contributed by atoms with van der Waals surface area (Å²) in [6, 6.07) is 0.629. The molecule has 0 aromatic carbocycles. The fourth-order valence-electron chi connectivity index (χ4n) is 4.09. The van der Waals surface area contributed by atoms with Crippen molar-refractivity contribution in [2.45, 2.75) is 76.3 Å². The predicted molar refractivity (Wildman–Crippen MR) is 90.2 cm³/mol. The standard InChI is InChI=1S/C18H36N2/c1-6-7-8-9-10-13-17(19-3)18(20(4)5)14-11-12-16(2)15-18/h6,16-17,19H,1,7-15H2,2-5H3. The van der Waals surface area contributed by atoms with Gasteiger partial charge in [-0.2, -0.15) is 0 Å². The highest BCUT2D eigenvalue weighted by atomic mass is 15.2. The van der Waals surface area contributed by atoms with Gasteiger partial charge in [-0.3, -0.25) is 0 Å². The van der Waals surface area contributed by atoms with Crippen molar-refractivity contribution >= 4 is 0 Å². The second-order valence-corrected chi connectivity index (χ2v) is 6.97. The van der Waals surface area contributed by atoms with Crippen LogP contribution in [-0.4, -0.2) is 37.6 Å². The van der Waals surface area contributed by atoms with E-state index in [2.05, 4.69) is 44.9 Å². The van der Waals surface area contributed by atoms with Crippen LogP contribution in [0.3, 0.4) is 0 Å². The molecule has 3 unspecified atom stereocenters. The van der Waals surface area contributed by atoms with Crippen molar-refractivity contribution in [1.82, 2.24) is 10.2 Å². The Morgan fingerprint density at radius 2 is 2.10 bits per heavy atom. The number of hydrogen-bond donors (Lipinski definition) is 1. The molecule has 1 aliphatic carbocycles. The molecule has 0 spiro atoms. The molecule has 0 saturated heterocycles. The van der Waals surface area contributed by atoms with Crippen LogP contribution in [0.25, 0.3) is 0 Å². The first-order chi connectivity index (χ1) is 9.56. The second-order valence-electron chi connectivity index (χ2n) is 6.97. The summed E-state index contributed by atoms with van der Waals surface area (Å²) < 4.78 is 0. The molecule has 3 atom stereocenters. The lowest BCUT2D eigenvalue weighted by Crippen LogP contribution is -2.60. The Kier molecular flexibility index (Phi) is 7.83. The first-order valence-electron chi connectivity index (χ1n) is 8.52. The molecule has 2 heteroatoms. The van der Waals surface area contributed by atoms with E-state index in [-0.39, 0.29) is 0 Å². The smallest absolute Gasteiger partial charge is 0.0358 e. The Labute approximate surface area is 127 Å². The third-order valence-corrected chi connectivity index (χ3v) is 5.30. The van der Waals surface area contributed by atoms with Gasteiger partial charge < -0.3 is 10.2 Å². The maximum Gasteiger partial charge on any atom is 0.0358 e. The van der Waals surface area contributed by atoms with Crippen molar-refractivity contribution in [3.8, 4) is 0 Å². The zero-order chi connectivity index (χ0) is 15.0. The Morgan fingerprint density at radius 3 is 2.65 bits per heavy atom. The molecule has 0 aromatic rings. The second kappa shape index (κ2) is 8.84. The highest BCUT2D eigenvalue weighted by molar-refractivity contribution is 5.01. The summed E-state index contributed by atoms with van der Waals surface area (Å²) in [6.07, 6.45) is 14.0. The van der Waals surface area contributed by atoms with Crippen LogP contribution in [0.1, 0.15) is 64.7 Å². The van der Waals surface area contributed by atoms with Crippen molar-refractivity contribution in [2.24, 2.45) is 5.92 Å². The Balaban J connectivity index is 2.59. The van der Waals surface area contributed by atoms with Crippen LogP contribution in [0.15, 0.2) is 12.7 Å².